The van der Waals surface area contributed by atoms with Gasteiger partial charge in [-0.2, -0.15) is 0 Å². The van der Waals surface area contributed by atoms with Crippen LogP contribution in [0.2, 0.25) is 15.1 Å². The van der Waals surface area contributed by atoms with Crippen molar-refractivity contribution in [2.45, 2.75) is 0 Å². The number of nitrogens with one attached hydrogen (secondary N) is 1. The SMILES string of the molecule is COc1ccc(Nc2cc(Cl)c(Cl)cc2Cl)c(N)c1. The molecule has 0 unspecified atom stereocenters. The molecule has 0 amide bonds. The van der Waals surface area contributed by atoms with E-state index in [9.17, 15) is 0 Å². The van der Waals surface area contributed by atoms with Gasteiger partial charge in [-0.3, -0.25) is 0 Å². The monoisotopic (exact) mass is 316 g/mol. The molecule has 19 heavy (non-hydrogen) atoms. The van der Waals surface area contributed by atoms with Crippen molar-refractivity contribution in [1.82, 2.24) is 0 Å². The van der Waals surface area contributed by atoms with Gasteiger partial charge in [-0.1, -0.05) is 34.8 Å². The highest BCUT2D eigenvalue weighted by Crippen LogP contribution is 2.35. The molecule has 0 aliphatic carbocycles. The molecule has 0 aliphatic heterocycles. The number of hydrogen-bond acceptors (Lipinski definition) is 3. The second kappa shape index (κ2) is 5.78. The lowest BCUT2D eigenvalue weighted by atomic mass is 10.2. The maximum absolute atomic E-state index is 6.09. The van der Waals surface area contributed by atoms with Crippen LogP contribution in [-0.4, -0.2) is 7.11 Å². The van der Waals surface area contributed by atoms with Crippen molar-refractivity contribution in [1.29, 1.82) is 0 Å². The number of anilines is 3. The van der Waals surface area contributed by atoms with Crippen LogP contribution in [0, 0.1) is 0 Å². The first-order valence-electron chi connectivity index (χ1n) is 5.36. The van der Waals surface area contributed by atoms with E-state index >= 15 is 0 Å². The average Bonchev–Trinajstić information content (AvgIpc) is 2.38. The topological polar surface area (TPSA) is 47.3 Å². The second-order valence-electron chi connectivity index (χ2n) is 3.82. The van der Waals surface area contributed by atoms with Crippen LogP contribution in [0.25, 0.3) is 0 Å². The molecule has 6 heteroatoms. The highest BCUT2D eigenvalue weighted by Gasteiger charge is 2.08. The fourth-order valence-corrected chi connectivity index (χ4v) is 2.14. The number of ether oxygens (including phenoxy) is 1. The lowest BCUT2D eigenvalue weighted by Crippen LogP contribution is -1.97. The van der Waals surface area contributed by atoms with E-state index in [-0.39, 0.29) is 0 Å². The molecule has 2 rings (SSSR count). The first-order chi connectivity index (χ1) is 9.01. The number of rotatable bonds is 3. The van der Waals surface area contributed by atoms with Crippen molar-refractivity contribution in [3.05, 3.63) is 45.4 Å². The van der Waals surface area contributed by atoms with Gasteiger partial charge in [0.1, 0.15) is 5.75 Å². The largest absolute Gasteiger partial charge is 0.497 e. The van der Waals surface area contributed by atoms with E-state index in [1.54, 1.807) is 37.4 Å². The van der Waals surface area contributed by atoms with Crippen molar-refractivity contribution in [3.8, 4) is 5.75 Å². The lowest BCUT2D eigenvalue weighted by molar-refractivity contribution is 0.415. The number of halogens is 3. The molecule has 0 aromatic heterocycles. The molecule has 0 bridgehead atoms. The minimum absolute atomic E-state index is 0.403. The Morgan fingerprint density at radius 3 is 2.26 bits per heavy atom. The van der Waals surface area contributed by atoms with E-state index in [2.05, 4.69) is 5.32 Å². The number of hydrogen-bond donors (Lipinski definition) is 2. The highest BCUT2D eigenvalue weighted by atomic mass is 35.5. The minimum atomic E-state index is 0.403. The van der Waals surface area contributed by atoms with Gasteiger partial charge >= 0.3 is 0 Å². The highest BCUT2D eigenvalue weighted by molar-refractivity contribution is 6.44. The molecule has 0 radical (unpaired) electrons. The Labute approximate surface area is 126 Å². The summed E-state index contributed by atoms with van der Waals surface area (Å²) in [6.07, 6.45) is 0. The van der Waals surface area contributed by atoms with Crippen molar-refractivity contribution >= 4 is 51.9 Å². The molecule has 0 fully saturated rings. The first kappa shape index (κ1) is 14.1. The summed E-state index contributed by atoms with van der Waals surface area (Å²) in [5, 5.41) is 4.39. The molecule has 0 saturated heterocycles. The normalized spacial score (nSPS) is 10.3. The Balaban J connectivity index is 2.33. The molecule has 100 valence electrons. The molecule has 2 aromatic rings. The fourth-order valence-electron chi connectivity index (χ4n) is 1.55. The van der Waals surface area contributed by atoms with Crippen LogP contribution in [0.15, 0.2) is 30.3 Å². The average molecular weight is 318 g/mol. The Morgan fingerprint density at radius 1 is 0.947 bits per heavy atom. The van der Waals surface area contributed by atoms with E-state index < -0.39 is 0 Å². The second-order valence-corrected chi connectivity index (χ2v) is 5.05. The summed E-state index contributed by atoms with van der Waals surface area (Å²) in [4.78, 5) is 0. The third-order valence-electron chi connectivity index (χ3n) is 2.54. The molecule has 0 spiro atoms. The molecule has 0 saturated carbocycles. The summed E-state index contributed by atoms with van der Waals surface area (Å²) in [5.41, 5.74) is 7.80. The van der Waals surface area contributed by atoms with E-state index in [1.807, 2.05) is 0 Å². The van der Waals surface area contributed by atoms with Crippen LogP contribution in [0.3, 0.4) is 0 Å². The van der Waals surface area contributed by atoms with Gasteiger partial charge in [-0.25, -0.2) is 0 Å². The summed E-state index contributed by atoms with van der Waals surface area (Å²) in [6.45, 7) is 0. The van der Waals surface area contributed by atoms with Gasteiger partial charge < -0.3 is 15.8 Å². The minimum Gasteiger partial charge on any atom is -0.497 e. The zero-order valence-electron chi connectivity index (χ0n) is 10.0. The number of benzene rings is 2. The van der Waals surface area contributed by atoms with Crippen LogP contribution >= 0.6 is 34.8 Å². The van der Waals surface area contributed by atoms with Crippen molar-refractivity contribution in [3.63, 3.8) is 0 Å². The Bertz CT molecular complexity index is 617. The van der Waals surface area contributed by atoms with Crippen molar-refractivity contribution < 1.29 is 4.74 Å². The van der Waals surface area contributed by atoms with Gasteiger partial charge in [0.25, 0.3) is 0 Å². The van der Waals surface area contributed by atoms with Crippen molar-refractivity contribution in [2.24, 2.45) is 0 Å². The lowest BCUT2D eigenvalue weighted by Gasteiger charge is -2.12. The predicted octanol–water partition coefficient (Wildman–Crippen LogP) is 4.98. The Morgan fingerprint density at radius 2 is 1.63 bits per heavy atom. The fraction of sp³-hybridized carbons (Fsp3) is 0.0769. The van der Waals surface area contributed by atoms with Crippen LogP contribution in [0.1, 0.15) is 0 Å². The molecule has 3 N–H and O–H groups in total. The standard InChI is InChI=1S/C13H11Cl3N2O/c1-19-7-2-3-12(11(17)4-7)18-13-6-9(15)8(14)5-10(13)16/h2-6,18H,17H2,1H3. The van der Waals surface area contributed by atoms with Crippen LogP contribution < -0.4 is 15.8 Å². The maximum atomic E-state index is 6.09. The van der Waals surface area contributed by atoms with Gasteiger partial charge in [0.15, 0.2) is 0 Å². The number of methoxy groups -OCH3 is 1. The third kappa shape index (κ3) is 3.18. The van der Waals surface area contributed by atoms with Crippen LogP contribution in [-0.2, 0) is 0 Å². The summed E-state index contributed by atoms with van der Waals surface area (Å²) < 4.78 is 5.09. The summed E-state index contributed by atoms with van der Waals surface area (Å²) in [7, 11) is 1.58. The third-order valence-corrected chi connectivity index (χ3v) is 3.57. The van der Waals surface area contributed by atoms with Gasteiger partial charge in [0, 0.05) is 6.07 Å². The number of nitrogens with two attached hydrogens (primary N) is 1. The maximum Gasteiger partial charge on any atom is 0.121 e. The van der Waals surface area contributed by atoms with E-state index in [0.717, 1.165) is 0 Å². The summed E-state index contributed by atoms with van der Waals surface area (Å²) >= 11 is 17.9. The summed E-state index contributed by atoms with van der Waals surface area (Å²) in [5.74, 6) is 0.684. The van der Waals surface area contributed by atoms with Gasteiger partial charge in [-0.05, 0) is 24.3 Å². The number of nitrogen functional groups attached to an aromatic ring is 1. The Kier molecular flexibility index (Phi) is 4.30. The zero-order valence-corrected chi connectivity index (χ0v) is 12.3. The van der Waals surface area contributed by atoms with Crippen LogP contribution in [0.4, 0.5) is 17.1 Å². The van der Waals surface area contributed by atoms with Gasteiger partial charge in [0.2, 0.25) is 0 Å². The first-order valence-corrected chi connectivity index (χ1v) is 6.49. The van der Waals surface area contributed by atoms with Gasteiger partial charge in [0.05, 0.1) is 39.2 Å². The predicted molar refractivity (Wildman–Crippen MR) is 82.2 cm³/mol. The van der Waals surface area contributed by atoms with E-state index in [0.29, 0.717) is 37.9 Å². The molecule has 0 heterocycles. The quantitative estimate of drug-likeness (QED) is 0.620. The smallest absolute Gasteiger partial charge is 0.121 e. The van der Waals surface area contributed by atoms with E-state index in [1.165, 1.54) is 0 Å². The molecular formula is C13H11Cl3N2O. The zero-order chi connectivity index (χ0) is 14.0. The van der Waals surface area contributed by atoms with Crippen molar-refractivity contribution in [2.75, 3.05) is 18.2 Å². The molecule has 0 atom stereocenters. The molecular weight excluding hydrogens is 307 g/mol. The molecule has 0 aliphatic rings. The Hall–Kier alpha value is -1.29. The van der Waals surface area contributed by atoms with Gasteiger partial charge in [-0.15, -0.1) is 0 Å². The molecule has 3 nitrogen and oxygen atoms in total. The van der Waals surface area contributed by atoms with Crippen LogP contribution in [0.5, 0.6) is 5.75 Å². The van der Waals surface area contributed by atoms with E-state index in [4.69, 9.17) is 45.3 Å². The molecule has 2 aromatic carbocycles. The summed E-state index contributed by atoms with van der Waals surface area (Å²) in [6, 6.07) is 8.54.